The van der Waals surface area contributed by atoms with Gasteiger partial charge in [-0.25, -0.2) is 23.5 Å². The van der Waals surface area contributed by atoms with Crippen LogP contribution in [0, 0.1) is 0 Å². The van der Waals surface area contributed by atoms with Crippen LogP contribution in [0.5, 0.6) is 0 Å². The molecule has 3 rings (SSSR count). The molecule has 24 heavy (non-hydrogen) atoms. The molecule has 12 heteroatoms. The van der Waals surface area contributed by atoms with E-state index >= 15 is 0 Å². The van der Waals surface area contributed by atoms with Crippen molar-refractivity contribution in [2.24, 2.45) is 12.2 Å². The predicted molar refractivity (Wildman–Crippen MR) is 80.6 cm³/mol. The number of hydrogen-bond acceptors (Lipinski definition) is 8. The number of nitrogens with zero attached hydrogens (tertiary/aromatic N) is 4. The molecule has 0 aliphatic rings. The number of carbonyl (C=O) groups excluding carboxylic acids is 1. The molecule has 0 spiro atoms. The number of rotatable bonds is 3. The lowest BCUT2D eigenvalue weighted by molar-refractivity contribution is 0.102. The Hall–Kier alpha value is -3.12. The highest BCUT2D eigenvalue weighted by molar-refractivity contribution is 7.89. The minimum Gasteiger partial charge on any atom is -0.335 e. The lowest BCUT2D eigenvalue weighted by Gasteiger charge is -2.03. The zero-order valence-corrected chi connectivity index (χ0v) is 12.9. The number of aryl methyl sites for hydroxylation is 1. The van der Waals surface area contributed by atoms with Crippen molar-refractivity contribution < 1.29 is 17.7 Å². The number of anilines is 1. The summed E-state index contributed by atoms with van der Waals surface area (Å²) in [5, 5.41) is 10.5. The van der Waals surface area contributed by atoms with Gasteiger partial charge >= 0.3 is 0 Å². The van der Waals surface area contributed by atoms with Gasteiger partial charge in [-0.1, -0.05) is 5.16 Å². The number of fused-ring (bicyclic) bond motifs is 1. The first-order valence-electron chi connectivity index (χ1n) is 6.38. The molecule has 1 amide bonds. The molecule has 0 atom stereocenters. The standard InChI is InChI=1S/C12H10N6O5S/c1-18-5-15-11-8(12(18)20)9(17-23-11)10(19)16-6-2-3-7(14-4-6)24(13,21)22/h2-5H,1H3,(H,16,19)(H2,13,21,22). The SMILES string of the molecule is Cn1cnc2onc(C(=O)Nc3ccc(S(N)(=O)=O)nc3)c2c1=O. The molecule has 3 heterocycles. The van der Waals surface area contributed by atoms with E-state index in [1.807, 2.05) is 0 Å². The highest BCUT2D eigenvalue weighted by Gasteiger charge is 2.21. The third kappa shape index (κ3) is 2.75. The van der Waals surface area contributed by atoms with E-state index in [4.69, 9.17) is 9.66 Å². The van der Waals surface area contributed by atoms with Crippen molar-refractivity contribution in [3.8, 4) is 0 Å². The second-order valence-electron chi connectivity index (χ2n) is 4.76. The van der Waals surface area contributed by atoms with Crippen molar-refractivity contribution in [3.63, 3.8) is 0 Å². The summed E-state index contributed by atoms with van der Waals surface area (Å²) in [5.74, 6) is -0.732. The third-order valence-corrected chi connectivity index (χ3v) is 3.88. The van der Waals surface area contributed by atoms with Crippen molar-refractivity contribution >= 4 is 32.7 Å². The third-order valence-electron chi connectivity index (χ3n) is 3.06. The first kappa shape index (κ1) is 15.8. The normalized spacial score (nSPS) is 11.6. The smallest absolute Gasteiger partial charge is 0.278 e. The summed E-state index contributed by atoms with van der Waals surface area (Å²) >= 11 is 0. The second kappa shape index (κ2) is 5.50. The number of nitrogens with one attached hydrogen (secondary N) is 1. The Morgan fingerprint density at radius 3 is 2.71 bits per heavy atom. The zero-order chi connectivity index (χ0) is 17.5. The Morgan fingerprint density at radius 1 is 1.33 bits per heavy atom. The first-order valence-corrected chi connectivity index (χ1v) is 7.93. The number of primary sulfonamides is 1. The zero-order valence-electron chi connectivity index (χ0n) is 12.1. The van der Waals surface area contributed by atoms with Gasteiger partial charge in [-0.3, -0.25) is 9.59 Å². The van der Waals surface area contributed by atoms with E-state index in [1.165, 1.54) is 24.0 Å². The lowest BCUT2D eigenvalue weighted by Crippen LogP contribution is -2.21. The van der Waals surface area contributed by atoms with Crippen molar-refractivity contribution in [1.29, 1.82) is 0 Å². The maximum absolute atomic E-state index is 12.3. The fourth-order valence-electron chi connectivity index (χ4n) is 1.90. The molecule has 3 aromatic heterocycles. The van der Waals surface area contributed by atoms with Gasteiger partial charge in [0.05, 0.1) is 11.9 Å². The van der Waals surface area contributed by atoms with Crippen LogP contribution in [0.2, 0.25) is 0 Å². The summed E-state index contributed by atoms with van der Waals surface area (Å²) in [4.78, 5) is 31.8. The van der Waals surface area contributed by atoms with Crippen LogP contribution in [-0.2, 0) is 17.1 Å². The molecule has 0 unspecified atom stereocenters. The fourth-order valence-corrected chi connectivity index (χ4v) is 2.36. The van der Waals surface area contributed by atoms with E-state index in [0.29, 0.717) is 0 Å². The Bertz CT molecular complexity index is 1100. The van der Waals surface area contributed by atoms with Crippen LogP contribution in [0.15, 0.2) is 39.0 Å². The van der Waals surface area contributed by atoms with Gasteiger partial charge in [0.2, 0.25) is 0 Å². The highest BCUT2D eigenvalue weighted by Crippen LogP contribution is 2.15. The molecule has 0 radical (unpaired) electrons. The molecule has 0 bridgehead atoms. The second-order valence-corrected chi connectivity index (χ2v) is 6.26. The van der Waals surface area contributed by atoms with Crippen LogP contribution in [0.25, 0.3) is 11.1 Å². The first-order chi connectivity index (χ1) is 11.3. The minimum atomic E-state index is -3.93. The number of nitrogens with two attached hydrogens (primary N) is 1. The Labute approximate surface area is 134 Å². The highest BCUT2D eigenvalue weighted by atomic mass is 32.2. The summed E-state index contributed by atoms with van der Waals surface area (Å²) in [6, 6.07) is 2.43. The van der Waals surface area contributed by atoms with Crippen molar-refractivity contribution in [2.75, 3.05) is 5.32 Å². The quantitative estimate of drug-likeness (QED) is 0.621. The van der Waals surface area contributed by atoms with Gasteiger partial charge in [0.25, 0.3) is 27.2 Å². The van der Waals surface area contributed by atoms with Crippen LogP contribution in [0.4, 0.5) is 5.69 Å². The number of carbonyl (C=O) groups is 1. The lowest BCUT2D eigenvalue weighted by atomic mass is 10.3. The number of sulfonamides is 1. The van der Waals surface area contributed by atoms with E-state index < -0.39 is 21.5 Å². The van der Waals surface area contributed by atoms with E-state index in [1.54, 1.807) is 0 Å². The molecule has 0 fully saturated rings. The molecule has 3 N–H and O–H groups in total. The van der Waals surface area contributed by atoms with E-state index in [2.05, 4.69) is 20.4 Å². The Morgan fingerprint density at radius 2 is 2.08 bits per heavy atom. The van der Waals surface area contributed by atoms with Crippen LogP contribution in [0.3, 0.4) is 0 Å². The molecular formula is C12H10N6O5S. The van der Waals surface area contributed by atoms with Crippen LogP contribution in [0.1, 0.15) is 10.5 Å². The van der Waals surface area contributed by atoms with Gasteiger partial charge in [0.15, 0.2) is 10.7 Å². The monoisotopic (exact) mass is 350 g/mol. The molecular weight excluding hydrogens is 340 g/mol. The number of hydrogen-bond donors (Lipinski definition) is 2. The molecule has 11 nitrogen and oxygen atoms in total. The van der Waals surface area contributed by atoms with E-state index in [9.17, 15) is 18.0 Å². The van der Waals surface area contributed by atoms with Crippen molar-refractivity contribution in [1.82, 2.24) is 19.7 Å². The van der Waals surface area contributed by atoms with Gasteiger partial charge < -0.3 is 14.4 Å². The van der Waals surface area contributed by atoms with Crippen molar-refractivity contribution in [3.05, 3.63) is 40.7 Å². The topological polar surface area (TPSA) is 163 Å². The Balaban J connectivity index is 1.94. The maximum atomic E-state index is 12.3. The summed E-state index contributed by atoms with van der Waals surface area (Å²) in [7, 11) is -2.46. The Kier molecular flexibility index (Phi) is 3.62. The van der Waals surface area contributed by atoms with Crippen LogP contribution in [-0.4, -0.2) is 34.0 Å². The number of aromatic nitrogens is 4. The molecule has 0 aliphatic heterocycles. The molecule has 0 aromatic carbocycles. The van der Waals surface area contributed by atoms with Gasteiger partial charge in [-0.15, -0.1) is 0 Å². The average molecular weight is 350 g/mol. The van der Waals surface area contributed by atoms with Crippen molar-refractivity contribution in [2.45, 2.75) is 5.03 Å². The molecule has 0 saturated heterocycles. The molecule has 0 aliphatic carbocycles. The largest absolute Gasteiger partial charge is 0.335 e. The van der Waals surface area contributed by atoms with E-state index in [-0.39, 0.29) is 27.5 Å². The predicted octanol–water partition coefficient (Wildman–Crippen LogP) is -0.784. The summed E-state index contributed by atoms with van der Waals surface area (Å²) in [6.45, 7) is 0. The summed E-state index contributed by atoms with van der Waals surface area (Å²) in [5.41, 5.74) is -0.612. The van der Waals surface area contributed by atoms with Gasteiger partial charge in [0.1, 0.15) is 11.7 Å². The average Bonchev–Trinajstić information content (AvgIpc) is 2.95. The fraction of sp³-hybridized carbons (Fsp3) is 0.0833. The number of pyridine rings is 1. The molecule has 0 saturated carbocycles. The summed E-state index contributed by atoms with van der Waals surface area (Å²) < 4.78 is 28.3. The van der Waals surface area contributed by atoms with Gasteiger partial charge in [-0.2, -0.15) is 0 Å². The minimum absolute atomic E-state index is 0.0633. The van der Waals surface area contributed by atoms with Crippen LogP contribution >= 0.6 is 0 Å². The summed E-state index contributed by atoms with van der Waals surface area (Å²) in [6.07, 6.45) is 2.35. The molecule has 3 aromatic rings. The van der Waals surface area contributed by atoms with Gasteiger partial charge in [0, 0.05) is 7.05 Å². The molecule has 124 valence electrons. The maximum Gasteiger partial charge on any atom is 0.278 e. The number of amides is 1. The van der Waals surface area contributed by atoms with E-state index in [0.717, 1.165) is 12.3 Å². The van der Waals surface area contributed by atoms with Gasteiger partial charge in [-0.05, 0) is 12.1 Å². The van der Waals surface area contributed by atoms with Crippen LogP contribution < -0.4 is 16.0 Å².